The lowest BCUT2D eigenvalue weighted by atomic mass is 10.2. The van der Waals surface area contributed by atoms with E-state index in [4.69, 9.17) is 9.47 Å². The molecule has 94 valence electrons. The molecule has 1 aromatic rings. The van der Waals surface area contributed by atoms with Crippen molar-refractivity contribution in [2.24, 2.45) is 0 Å². The molecule has 4 heteroatoms. The molecule has 0 N–H and O–H groups in total. The molecule has 0 aliphatic carbocycles. The Bertz CT molecular complexity index is 361. The molecule has 1 rings (SSSR count). The van der Waals surface area contributed by atoms with Crippen molar-refractivity contribution in [3.8, 4) is 5.75 Å². The Labute approximate surface area is 102 Å². The Morgan fingerprint density at radius 3 is 2.59 bits per heavy atom. The molecule has 0 fully saturated rings. The van der Waals surface area contributed by atoms with Crippen LogP contribution in [0.3, 0.4) is 0 Å². The SMILES string of the molecule is CCN(CC)c1cccc(OCOC(C)=O)c1. The average molecular weight is 237 g/mol. The molecule has 4 nitrogen and oxygen atoms in total. The molecular weight excluding hydrogens is 218 g/mol. The molecule has 0 amide bonds. The maximum absolute atomic E-state index is 10.6. The Kier molecular flexibility index (Phi) is 5.33. The molecule has 0 unspecified atom stereocenters. The van der Waals surface area contributed by atoms with Gasteiger partial charge in [0.15, 0.2) is 0 Å². The first-order valence-electron chi connectivity index (χ1n) is 5.78. The second kappa shape index (κ2) is 6.78. The van der Waals surface area contributed by atoms with Crippen LogP contribution in [0.25, 0.3) is 0 Å². The van der Waals surface area contributed by atoms with Gasteiger partial charge in [0.1, 0.15) is 5.75 Å². The van der Waals surface area contributed by atoms with Crippen LogP contribution >= 0.6 is 0 Å². The first-order valence-corrected chi connectivity index (χ1v) is 5.78. The van der Waals surface area contributed by atoms with Crippen molar-refractivity contribution in [3.05, 3.63) is 24.3 Å². The lowest BCUT2D eigenvalue weighted by molar-refractivity contribution is -0.147. The highest BCUT2D eigenvalue weighted by Gasteiger charge is 2.03. The van der Waals surface area contributed by atoms with Gasteiger partial charge in [0.2, 0.25) is 6.79 Å². The second-order valence-electron chi connectivity index (χ2n) is 3.57. The predicted molar refractivity (Wildman–Crippen MR) is 67.3 cm³/mol. The van der Waals surface area contributed by atoms with E-state index in [1.54, 1.807) is 0 Å². The number of rotatable bonds is 6. The highest BCUT2D eigenvalue weighted by molar-refractivity contribution is 5.65. The third-order valence-corrected chi connectivity index (χ3v) is 2.43. The Balaban J connectivity index is 2.62. The van der Waals surface area contributed by atoms with Gasteiger partial charge < -0.3 is 14.4 Å². The predicted octanol–water partition coefficient (Wildman–Crippen LogP) is 2.43. The summed E-state index contributed by atoms with van der Waals surface area (Å²) in [5.74, 6) is 0.362. The number of benzene rings is 1. The lowest BCUT2D eigenvalue weighted by Gasteiger charge is -2.21. The highest BCUT2D eigenvalue weighted by Crippen LogP contribution is 2.20. The van der Waals surface area contributed by atoms with Crippen LogP contribution in [-0.4, -0.2) is 25.9 Å². The van der Waals surface area contributed by atoms with Gasteiger partial charge in [-0.1, -0.05) is 6.07 Å². The van der Waals surface area contributed by atoms with E-state index in [1.807, 2.05) is 24.3 Å². The third-order valence-electron chi connectivity index (χ3n) is 2.43. The topological polar surface area (TPSA) is 38.8 Å². The molecular formula is C13H19NO3. The van der Waals surface area contributed by atoms with Crippen LogP contribution in [0.1, 0.15) is 20.8 Å². The standard InChI is InChI=1S/C13H19NO3/c1-4-14(5-2)12-7-6-8-13(9-12)17-10-16-11(3)15/h6-9H,4-5,10H2,1-3H3. The number of carbonyl (C=O) groups excluding carboxylic acids is 1. The molecule has 0 aliphatic rings. The maximum Gasteiger partial charge on any atom is 0.305 e. The fourth-order valence-electron chi connectivity index (χ4n) is 1.54. The number of ether oxygens (including phenoxy) is 2. The van der Waals surface area contributed by atoms with E-state index in [-0.39, 0.29) is 12.8 Å². The van der Waals surface area contributed by atoms with Crippen LogP contribution in [0, 0.1) is 0 Å². The van der Waals surface area contributed by atoms with Crippen molar-refractivity contribution in [1.82, 2.24) is 0 Å². The number of nitrogens with zero attached hydrogens (tertiary/aromatic N) is 1. The molecule has 17 heavy (non-hydrogen) atoms. The summed E-state index contributed by atoms with van der Waals surface area (Å²) in [6, 6.07) is 7.75. The molecule has 0 saturated heterocycles. The van der Waals surface area contributed by atoms with Gasteiger partial charge in [-0.3, -0.25) is 4.79 Å². The lowest BCUT2D eigenvalue weighted by Crippen LogP contribution is -2.21. The molecule has 0 saturated carbocycles. The largest absolute Gasteiger partial charge is 0.457 e. The zero-order chi connectivity index (χ0) is 12.7. The van der Waals surface area contributed by atoms with E-state index in [9.17, 15) is 4.79 Å². The van der Waals surface area contributed by atoms with Gasteiger partial charge in [0, 0.05) is 31.8 Å². The normalized spacial score (nSPS) is 9.82. The quantitative estimate of drug-likeness (QED) is 0.562. The highest BCUT2D eigenvalue weighted by atomic mass is 16.7. The van der Waals surface area contributed by atoms with Crippen LogP contribution in [-0.2, 0) is 9.53 Å². The van der Waals surface area contributed by atoms with Crippen molar-refractivity contribution in [2.75, 3.05) is 24.8 Å². The molecule has 0 spiro atoms. The van der Waals surface area contributed by atoms with Crippen molar-refractivity contribution >= 4 is 11.7 Å². The minimum Gasteiger partial charge on any atom is -0.457 e. The summed E-state index contributed by atoms with van der Waals surface area (Å²) in [6.07, 6.45) is 0. The first kappa shape index (κ1) is 13.4. The zero-order valence-electron chi connectivity index (χ0n) is 10.6. The molecule has 0 bridgehead atoms. The summed E-state index contributed by atoms with van der Waals surface area (Å²) in [7, 11) is 0. The summed E-state index contributed by atoms with van der Waals surface area (Å²) in [4.78, 5) is 12.8. The van der Waals surface area contributed by atoms with E-state index in [1.165, 1.54) is 6.92 Å². The Morgan fingerprint density at radius 1 is 1.29 bits per heavy atom. The first-order chi connectivity index (χ1) is 8.17. The van der Waals surface area contributed by atoms with Crippen molar-refractivity contribution < 1.29 is 14.3 Å². The number of esters is 1. The van der Waals surface area contributed by atoms with Crippen molar-refractivity contribution in [3.63, 3.8) is 0 Å². The molecule has 0 aromatic heterocycles. The van der Waals surface area contributed by atoms with Gasteiger partial charge in [-0.15, -0.1) is 0 Å². The molecule has 0 radical (unpaired) electrons. The van der Waals surface area contributed by atoms with Gasteiger partial charge in [-0.05, 0) is 26.0 Å². The summed E-state index contributed by atoms with van der Waals surface area (Å²) in [6.45, 7) is 7.42. The Morgan fingerprint density at radius 2 is 2.00 bits per heavy atom. The van der Waals surface area contributed by atoms with Crippen molar-refractivity contribution in [1.29, 1.82) is 0 Å². The molecule has 1 aromatic carbocycles. The van der Waals surface area contributed by atoms with Crippen molar-refractivity contribution in [2.45, 2.75) is 20.8 Å². The third kappa shape index (κ3) is 4.34. The molecule has 0 atom stereocenters. The van der Waals surface area contributed by atoms with Crippen LogP contribution in [0.5, 0.6) is 5.75 Å². The van der Waals surface area contributed by atoms with E-state index in [0.717, 1.165) is 18.8 Å². The number of hydrogen-bond donors (Lipinski definition) is 0. The van der Waals surface area contributed by atoms with E-state index in [0.29, 0.717) is 5.75 Å². The van der Waals surface area contributed by atoms with Gasteiger partial charge in [0.05, 0.1) is 0 Å². The summed E-state index contributed by atoms with van der Waals surface area (Å²) < 4.78 is 10.1. The molecule has 0 heterocycles. The van der Waals surface area contributed by atoms with Gasteiger partial charge in [0.25, 0.3) is 0 Å². The average Bonchev–Trinajstić information content (AvgIpc) is 2.31. The van der Waals surface area contributed by atoms with Crippen LogP contribution < -0.4 is 9.64 Å². The Hall–Kier alpha value is -1.71. The van der Waals surface area contributed by atoms with E-state index < -0.39 is 0 Å². The maximum atomic E-state index is 10.6. The summed E-state index contributed by atoms with van der Waals surface area (Å²) in [5.41, 5.74) is 1.11. The minimum atomic E-state index is -0.343. The van der Waals surface area contributed by atoms with Gasteiger partial charge >= 0.3 is 5.97 Å². The second-order valence-corrected chi connectivity index (χ2v) is 3.57. The van der Waals surface area contributed by atoms with E-state index in [2.05, 4.69) is 18.7 Å². The fourth-order valence-corrected chi connectivity index (χ4v) is 1.54. The summed E-state index contributed by atoms with van der Waals surface area (Å²) >= 11 is 0. The van der Waals surface area contributed by atoms with Crippen LogP contribution in [0.4, 0.5) is 5.69 Å². The van der Waals surface area contributed by atoms with Gasteiger partial charge in [-0.2, -0.15) is 0 Å². The minimum absolute atomic E-state index is 0.0446. The monoisotopic (exact) mass is 237 g/mol. The summed E-state index contributed by atoms with van der Waals surface area (Å²) in [5, 5.41) is 0. The van der Waals surface area contributed by atoms with Gasteiger partial charge in [-0.25, -0.2) is 0 Å². The van der Waals surface area contributed by atoms with Crippen LogP contribution in [0.2, 0.25) is 0 Å². The smallest absolute Gasteiger partial charge is 0.305 e. The van der Waals surface area contributed by atoms with E-state index >= 15 is 0 Å². The number of carbonyl (C=O) groups is 1. The zero-order valence-corrected chi connectivity index (χ0v) is 10.6. The number of anilines is 1. The number of hydrogen-bond acceptors (Lipinski definition) is 4. The molecule has 0 aliphatic heterocycles. The fraction of sp³-hybridized carbons (Fsp3) is 0.462. The van der Waals surface area contributed by atoms with Crippen LogP contribution in [0.15, 0.2) is 24.3 Å².